The predicted molar refractivity (Wildman–Crippen MR) is 26.2 cm³/mol. The normalized spacial score (nSPS) is 9.08. The molecule has 0 unspecified atom stereocenters. The molecule has 0 atom stereocenters. The van der Waals surface area contributed by atoms with Crippen LogP contribution in [0.4, 0.5) is 0 Å². The molecule has 0 fully saturated rings. The van der Waals surface area contributed by atoms with Crippen molar-refractivity contribution in [3.05, 3.63) is 0 Å². The van der Waals surface area contributed by atoms with E-state index in [2.05, 4.69) is 0 Å². The molecule has 6 N–H and O–H groups in total. The van der Waals surface area contributed by atoms with Crippen LogP contribution in [0.1, 0.15) is 0 Å². The zero-order valence-corrected chi connectivity index (χ0v) is 12.1. The molecular weight excluding hydrogens is 454 g/mol. The first-order valence-corrected chi connectivity index (χ1v) is 8.13. The second-order valence-electron chi connectivity index (χ2n) is 1.03. The van der Waals surface area contributed by atoms with Gasteiger partial charge in [-0.2, -0.15) is 0 Å². The van der Waals surface area contributed by atoms with Gasteiger partial charge in [-0.3, -0.25) is 0 Å². The van der Waals surface area contributed by atoms with E-state index >= 15 is 0 Å². The summed E-state index contributed by atoms with van der Waals surface area (Å²) in [7, 11) is 0. The summed E-state index contributed by atoms with van der Waals surface area (Å²) in [6.45, 7) is 0. The van der Waals surface area contributed by atoms with Crippen molar-refractivity contribution in [2.45, 2.75) is 0 Å². The van der Waals surface area contributed by atoms with Crippen LogP contribution in [0.25, 0.3) is 0 Å². The van der Waals surface area contributed by atoms with Crippen LogP contribution in [0, 0.1) is 0 Å². The smallest absolute Gasteiger partial charge is 0 e. The van der Waals surface area contributed by atoms with Crippen LogP contribution < -0.4 is 0 Å². The molecule has 0 saturated heterocycles. The summed E-state index contributed by atoms with van der Waals surface area (Å²) in [6.07, 6.45) is 0. The van der Waals surface area contributed by atoms with Crippen molar-refractivity contribution in [1.82, 2.24) is 0 Å². The Morgan fingerprint density at radius 1 is 0.538 bits per heavy atom. The van der Waals surface area contributed by atoms with Crippen molar-refractivity contribution in [3.63, 3.8) is 0 Å². The molecule has 0 heterocycles. The molecule has 0 bridgehead atoms. The van der Waals surface area contributed by atoms with Crippen molar-refractivity contribution in [2.75, 3.05) is 0 Å². The molecule has 0 rings (SSSR count). The average molecular weight is 460 g/mol. The molecule has 0 amide bonds. The molecule has 94 valence electrons. The van der Waals surface area contributed by atoms with Gasteiger partial charge in [-0.15, -0.1) is 0 Å². The Kier molecular flexibility index (Phi) is 27.2. The van der Waals surface area contributed by atoms with E-state index in [1.54, 1.807) is 0 Å². The van der Waals surface area contributed by atoms with E-state index in [1.807, 2.05) is 0 Å². The van der Waals surface area contributed by atoms with Gasteiger partial charge in [0.25, 0.3) is 0 Å². The van der Waals surface area contributed by atoms with Crippen LogP contribution in [-0.4, -0.2) is 53.6 Å². The van der Waals surface area contributed by atoms with Crippen LogP contribution in [0.2, 0.25) is 0 Å². The molecule has 0 aromatic heterocycles. The molecule has 0 aliphatic heterocycles. The topological polar surface area (TPSA) is 156 Å². The summed E-state index contributed by atoms with van der Waals surface area (Å²) in [6, 6.07) is 0. The Hall–Kier alpha value is 1.96. The molecule has 0 aliphatic carbocycles. The molecule has 13 heteroatoms. The molecule has 0 spiro atoms. The van der Waals surface area contributed by atoms with E-state index in [0.29, 0.717) is 0 Å². The SMILES string of the molecule is O=[As](O)(O)O.O=[As](O)(O)O.[Ni].[Ni].[Ni]. The first kappa shape index (κ1) is 29.4. The van der Waals surface area contributed by atoms with Crippen molar-refractivity contribution in [1.29, 1.82) is 0 Å². The quantitative estimate of drug-likeness (QED) is 0.198. The third-order valence-electron chi connectivity index (χ3n) is 0. The van der Waals surface area contributed by atoms with E-state index in [0.717, 1.165) is 0 Å². The fourth-order valence-electron chi connectivity index (χ4n) is 0. The maximum Gasteiger partial charge on any atom is 0 e. The van der Waals surface area contributed by atoms with E-state index in [1.165, 1.54) is 0 Å². The average Bonchev–Trinajstić information content (AvgIpc) is 1.12. The molecular formula is H6As2Ni3O8. The largest absolute Gasteiger partial charge is 0 e. The molecule has 0 aliphatic rings. The van der Waals surface area contributed by atoms with Crippen molar-refractivity contribution in [2.24, 2.45) is 0 Å². The second-order valence-corrected chi connectivity index (χ2v) is 5.33. The molecule has 0 aromatic rings. The van der Waals surface area contributed by atoms with Gasteiger partial charge in [0, 0.05) is 49.5 Å². The molecule has 0 radical (unpaired) electrons. The first-order chi connectivity index (χ1) is 4.00. The van der Waals surface area contributed by atoms with Gasteiger partial charge >= 0.3 is 61.1 Å². The summed E-state index contributed by atoms with van der Waals surface area (Å²) in [5.74, 6) is 0. The maximum absolute atomic E-state index is 8.94. The number of hydrogen-bond acceptors (Lipinski definition) is 2. The standard InChI is InChI=1S/2AsH3O4.3Ni/c2*2-1(3,4)5;;;/h2*(H3,2,3,4,5);;;. The van der Waals surface area contributed by atoms with Crippen molar-refractivity contribution < 1.29 is 81.5 Å². The third kappa shape index (κ3) is 521. The summed E-state index contributed by atoms with van der Waals surface area (Å²) in [4.78, 5) is 0. The van der Waals surface area contributed by atoms with E-state index in [9.17, 15) is 0 Å². The van der Waals surface area contributed by atoms with Gasteiger partial charge in [0.1, 0.15) is 0 Å². The Morgan fingerprint density at radius 3 is 0.538 bits per heavy atom. The van der Waals surface area contributed by atoms with Crippen LogP contribution in [0.3, 0.4) is 0 Å². The van der Waals surface area contributed by atoms with E-state index in [4.69, 9.17) is 32.1 Å². The maximum atomic E-state index is 8.94. The summed E-state index contributed by atoms with van der Waals surface area (Å²) >= 11 is -10.2. The van der Waals surface area contributed by atoms with Gasteiger partial charge in [-0.05, 0) is 0 Å². The van der Waals surface area contributed by atoms with E-state index in [-0.39, 0.29) is 49.5 Å². The number of rotatable bonds is 0. The zero-order chi connectivity index (χ0) is 9.00. The van der Waals surface area contributed by atoms with Crippen LogP contribution in [0.15, 0.2) is 0 Å². The molecule has 0 aromatic carbocycles. The minimum absolute atomic E-state index is 0. The third-order valence-corrected chi connectivity index (χ3v) is 0. The van der Waals surface area contributed by atoms with E-state index < -0.39 is 29.0 Å². The Balaban J connectivity index is -0.0000000267. The zero-order valence-electron chi connectivity index (χ0n) is 5.34. The van der Waals surface area contributed by atoms with Gasteiger partial charge < -0.3 is 0 Å². The van der Waals surface area contributed by atoms with Gasteiger partial charge in [-0.1, -0.05) is 0 Å². The van der Waals surface area contributed by atoms with Crippen molar-refractivity contribution in [3.8, 4) is 0 Å². The molecule has 0 saturated carbocycles. The van der Waals surface area contributed by atoms with Crippen molar-refractivity contribution >= 4 is 29.0 Å². The second kappa shape index (κ2) is 12.0. The Labute approximate surface area is 110 Å². The first-order valence-electron chi connectivity index (χ1n) is 1.57. The number of hydrogen-bond donors (Lipinski definition) is 6. The summed E-state index contributed by atoms with van der Waals surface area (Å²) in [5, 5.41) is 0. The predicted octanol–water partition coefficient (Wildman–Crippen LogP) is -4.35. The van der Waals surface area contributed by atoms with Gasteiger partial charge in [0.15, 0.2) is 0 Å². The summed E-state index contributed by atoms with van der Waals surface area (Å²) in [5.41, 5.74) is 0. The summed E-state index contributed by atoms with van der Waals surface area (Å²) < 4.78 is 61.4. The minimum Gasteiger partial charge on any atom is 0 e. The Bertz CT molecular complexity index is 130. The molecule has 13 heavy (non-hydrogen) atoms. The fraction of sp³-hybridized carbons (Fsp3) is 0. The van der Waals surface area contributed by atoms with Crippen LogP contribution in [-0.2, 0) is 57.0 Å². The van der Waals surface area contributed by atoms with Crippen LogP contribution in [0.5, 0.6) is 0 Å². The van der Waals surface area contributed by atoms with Gasteiger partial charge in [-0.25, -0.2) is 0 Å². The fourth-order valence-corrected chi connectivity index (χ4v) is 0. The van der Waals surface area contributed by atoms with Crippen LogP contribution >= 0.6 is 0 Å². The van der Waals surface area contributed by atoms with Gasteiger partial charge in [0.05, 0.1) is 0 Å². The molecule has 8 nitrogen and oxygen atoms in total. The Morgan fingerprint density at radius 2 is 0.538 bits per heavy atom. The van der Waals surface area contributed by atoms with Gasteiger partial charge in [0.2, 0.25) is 0 Å². The monoisotopic (exact) mass is 458 g/mol. The minimum atomic E-state index is -5.12.